The highest BCUT2D eigenvalue weighted by Gasteiger charge is 2.34. The quantitative estimate of drug-likeness (QED) is 0.669. The number of carbonyl (C=O) groups excluding carboxylic acids is 1. The van der Waals surface area contributed by atoms with E-state index in [1.54, 1.807) is 24.3 Å². The van der Waals surface area contributed by atoms with E-state index in [4.69, 9.17) is 10.5 Å². The molecule has 3 N–H and O–H groups in total. The number of hydrogen-bond acceptors (Lipinski definition) is 5. The van der Waals surface area contributed by atoms with Crippen LogP contribution < -0.4 is 15.2 Å². The summed E-state index contributed by atoms with van der Waals surface area (Å²) in [5.41, 5.74) is 6.83. The zero-order valence-electron chi connectivity index (χ0n) is 17.3. The lowest BCUT2D eigenvalue weighted by Crippen LogP contribution is -2.52. The van der Waals surface area contributed by atoms with Crippen LogP contribution in [0.4, 0.5) is 5.69 Å². The van der Waals surface area contributed by atoms with Gasteiger partial charge in [-0.25, -0.2) is 8.42 Å². The van der Waals surface area contributed by atoms with Gasteiger partial charge in [0.1, 0.15) is 5.75 Å². The number of ether oxygens (including phenoxy) is 1. The highest BCUT2D eigenvalue weighted by molar-refractivity contribution is 7.92. The number of benzene rings is 1. The second-order valence-corrected chi connectivity index (χ2v) is 10.3. The Labute approximate surface area is 174 Å². The fraction of sp³-hybridized carbons (Fsp3) is 0.667. The molecule has 29 heavy (non-hydrogen) atoms. The lowest BCUT2D eigenvalue weighted by molar-refractivity contribution is -0.136. The smallest absolute Gasteiger partial charge is 0.239 e. The second kappa shape index (κ2) is 9.34. The van der Waals surface area contributed by atoms with Crippen LogP contribution in [0, 0.1) is 11.8 Å². The SMILES string of the molecule is CN(C(=O)[C@@H](N)C1CCC(COc2ccc(NS(C)(=O)=O)cc2)CC1)C1CCC1. The molecule has 0 aromatic heterocycles. The lowest BCUT2D eigenvalue weighted by Gasteiger charge is -2.38. The minimum atomic E-state index is -3.27. The van der Waals surface area contributed by atoms with Gasteiger partial charge in [-0.15, -0.1) is 0 Å². The van der Waals surface area contributed by atoms with Gasteiger partial charge in [-0.1, -0.05) is 0 Å². The first kappa shape index (κ1) is 21.9. The first-order chi connectivity index (χ1) is 13.7. The first-order valence-electron chi connectivity index (χ1n) is 10.5. The molecular formula is C21H33N3O4S. The van der Waals surface area contributed by atoms with Crippen molar-refractivity contribution in [2.24, 2.45) is 17.6 Å². The number of likely N-dealkylation sites (N-methyl/N-ethyl adjacent to an activating group) is 1. The molecule has 0 radical (unpaired) electrons. The molecule has 2 saturated carbocycles. The molecule has 0 spiro atoms. The highest BCUT2D eigenvalue weighted by Crippen LogP contribution is 2.32. The van der Waals surface area contributed by atoms with Crippen LogP contribution in [0.3, 0.4) is 0 Å². The summed E-state index contributed by atoms with van der Waals surface area (Å²) in [6, 6.07) is 6.91. The molecule has 0 heterocycles. The summed E-state index contributed by atoms with van der Waals surface area (Å²) in [6.07, 6.45) is 8.46. The van der Waals surface area contributed by atoms with Gasteiger partial charge in [0.15, 0.2) is 0 Å². The van der Waals surface area contributed by atoms with Crippen LogP contribution in [0.1, 0.15) is 44.9 Å². The zero-order chi connectivity index (χ0) is 21.0. The van der Waals surface area contributed by atoms with Crippen LogP contribution in [-0.4, -0.2) is 51.2 Å². The third kappa shape index (κ3) is 6.09. The number of hydrogen-bond donors (Lipinski definition) is 2. The number of carbonyl (C=O) groups is 1. The number of nitrogens with one attached hydrogen (secondary N) is 1. The standard InChI is InChI=1S/C21H33N3O4S/c1-24(18-4-3-5-18)21(25)20(22)16-8-6-15(7-9-16)14-28-19-12-10-17(11-13-19)23-29(2,26)27/h10-13,15-16,18,20,23H,3-9,14,22H2,1-2H3/t15?,16?,20-/m0/s1. The predicted octanol–water partition coefficient (Wildman–Crippen LogP) is 2.58. The molecule has 0 unspecified atom stereocenters. The first-order valence-corrected chi connectivity index (χ1v) is 12.3. The average molecular weight is 424 g/mol. The van der Waals surface area contributed by atoms with Crippen molar-refractivity contribution in [3.63, 3.8) is 0 Å². The molecule has 8 heteroatoms. The molecule has 3 rings (SSSR count). The van der Waals surface area contributed by atoms with Crippen LogP contribution in [0.2, 0.25) is 0 Å². The van der Waals surface area contributed by atoms with E-state index in [9.17, 15) is 13.2 Å². The summed E-state index contributed by atoms with van der Waals surface area (Å²) in [4.78, 5) is 14.5. The Morgan fingerprint density at radius 3 is 2.31 bits per heavy atom. The van der Waals surface area contributed by atoms with E-state index in [-0.39, 0.29) is 11.8 Å². The summed E-state index contributed by atoms with van der Waals surface area (Å²) < 4.78 is 30.8. The van der Waals surface area contributed by atoms with Gasteiger partial charge in [-0.3, -0.25) is 9.52 Å². The molecule has 1 aromatic rings. The molecule has 2 aliphatic rings. The van der Waals surface area contributed by atoms with Crippen molar-refractivity contribution in [3.8, 4) is 5.75 Å². The van der Waals surface area contributed by atoms with Crippen molar-refractivity contribution in [3.05, 3.63) is 24.3 Å². The Morgan fingerprint density at radius 1 is 1.17 bits per heavy atom. The third-order valence-electron chi connectivity index (χ3n) is 6.30. The number of nitrogens with two attached hydrogens (primary N) is 1. The van der Waals surface area contributed by atoms with Gasteiger partial charge in [0.2, 0.25) is 15.9 Å². The van der Waals surface area contributed by atoms with E-state index < -0.39 is 16.1 Å². The maximum absolute atomic E-state index is 12.6. The fourth-order valence-electron chi connectivity index (χ4n) is 4.15. The maximum atomic E-state index is 12.6. The summed E-state index contributed by atoms with van der Waals surface area (Å²) in [6.45, 7) is 0.622. The van der Waals surface area contributed by atoms with Crippen molar-refractivity contribution in [1.82, 2.24) is 4.90 Å². The molecule has 2 aliphatic carbocycles. The van der Waals surface area contributed by atoms with Crippen LogP contribution in [0.25, 0.3) is 0 Å². The average Bonchev–Trinajstić information content (AvgIpc) is 2.64. The van der Waals surface area contributed by atoms with Crippen molar-refractivity contribution >= 4 is 21.6 Å². The third-order valence-corrected chi connectivity index (χ3v) is 6.90. The molecule has 162 valence electrons. The van der Waals surface area contributed by atoms with Crippen LogP contribution in [0.5, 0.6) is 5.75 Å². The summed E-state index contributed by atoms with van der Waals surface area (Å²) in [7, 11) is -1.38. The maximum Gasteiger partial charge on any atom is 0.239 e. The van der Waals surface area contributed by atoms with Crippen molar-refractivity contribution in [1.29, 1.82) is 0 Å². The van der Waals surface area contributed by atoms with Gasteiger partial charge < -0.3 is 15.4 Å². The number of rotatable bonds is 8. The lowest BCUT2D eigenvalue weighted by atomic mass is 9.78. The largest absolute Gasteiger partial charge is 0.493 e. The molecule has 1 amide bonds. The van der Waals surface area contributed by atoms with E-state index in [1.807, 2.05) is 11.9 Å². The Morgan fingerprint density at radius 2 is 1.79 bits per heavy atom. The summed E-state index contributed by atoms with van der Waals surface area (Å²) >= 11 is 0. The molecular weight excluding hydrogens is 390 g/mol. The van der Waals surface area contributed by atoms with E-state index in [2.05, 4.69) is 4.72 Å². The van der Waals surface area contributed by atoms with E-state index in [0.29, 0.717) is 24.3 Å². The molecule has 0 bridgehead atoms. The highest BCUT2D eigenvalue weighted by atomic mass is 32.2. The number of sulfonamides is 1. The number of amides is 1. The molecule has 1 aromatic carbocycles. The predicted molar refractivity (Wildman–Crippen MR) is 114 cm³/mol. The van der Waals surface area contributed by atoms with Crippen molar-refractivity contribution in [2.75, 3.05) is 24.6 Å². The molecule has 7 nitrogen and oxygen atoms in total. The van der Waals surface area contributed by atoms with E-state index in [1.165, 1.54) is 6.42 Å². The zero-order valence-corrected chi connectivity index (χ0v) is 18.2. The van der Waals surface area contributed by atoms with E-state index in [0.717, 1.165) is 50.5 Å². The Bertz CT molecular complexity index is 785. The fourth-order valence-corrected chi connectivity index (χ4v) is 4.72. The minimum absolute atomic E-state index is 0.0946. The van der Waals surface area contributed by atoms with Crippen LogP contribution in [0.15, 0.2) is 24.3 Å². The summed E-state index contributed by atoms with van der Waals surface area (Å²) in [5.74, 6) is 1.52. The normalized spacial score (nSPS) is 23.7. The Hall–Kier alpha value is -1.80. The number of nitrogens with zero attached hydrogens (tertiary/aromatic N) is 1. The van der Waals surface area contributed by atoms with Gasteiger partial charge in [-0.2, -0.15) is 0 Å². The molecule has 2 fully saturated rings. The van der Waals surface area contributed by atoms with Gasteiger partial charge in [0.05, 0.1) is 18.9 Å². The van der Waals surface area contributed by atoms with Gasteiger partial charge in [0.25, 0.3) is 0 Å². The monoisotopic (exact) mass is 423 g/mol. The second-order valence-electron chi connectivity index (χ2n) is 8.55. The van der Waals surface area contributed by atoms with Crippen molar-refractivity contribution in [2.45, 2.75) is 57.0 Å². The minimum Gasteiger partial charge on any atom is -0.493 e. The van der Waals surface area contributed by atoms with Gasteiger partial charge >= 0.3 is 0 Å². The van der Waals surface area contributed by atoms with Crippen LogP contribution >= 0.6 is 0 Å². The topological polar surface area (TPSA) is 102 Å². The Kier molecular flexibility index (Phi) is 7.05. The number of anilines is 1. The molecule has 1 atom stereocenters. The van der Waals surface area contributed by atoms with Crippen LogP contribution in [-0.2, 0) is 14.8 Å². The molecule has 0 saturated heterocycles. The van der Waals surface area contributed by atoms with E-state index >= 15 is 0 Å². The molecule has 0 aliphatic heterocycles. The van der Waals surface area contributed by atoms with Gasteiger partial charge in [-0.05, 0) is 81.0 Å². The van der Waals surface area contributed by atoms with Crippen molar-refractivity contribution < 1.29 is 17.9 Å². The Balaban J connectivity index is 1.41. The van der Waals surface area contributed by atoms with Gasteiger partial charge in [0, 0.05) is 18.8 Å². The summed E-state index contributed by atoms with van der Waals surface area (Å²) in [5, 5.41) is 0.